The van der Waals surface area contributed by atoms with E-state index in [0.717, 1.165) is 32.1 Å². The number of benzene rings is 1. The summed E-state index contributed by atoms with van der Waals surface area (Å²) in [6.45, 7) is 2.84. The Kier molecular flexibility index (Phi) is 8.92. The molecule has 5 heteroatoms. The van der Waals surface area contributed by atoms with Gasteiger partial charge in [0.15, 0.2) is 5.43 Å². The number of carbonyl (C=O) groups is 2. The first-order valence-corrected chi connectivity index (χ1v) is 9.75. The van der Waals surface area contributed by atoms with Gasteiger partial charge in [0.1, 0.15) is 0 Å². The van der Waals surface area contributed by atoms with E-state index in [4.69, 9.17) is 4.74 Å². The lowest BCUT2D eigenvalue weighted by Gasteiger charge is -2.04. The first kappa shape index (κ1) is 21.4. The zero-order chi connectivity index (χ0) is 20.2. The molecule has 148 valence electrons. The molecule has 1 N–H and O–H groups in total. The molecule has 2 aromatic carbocycles. The van der Waals surface area contributed by atoms with Crippen LogP contribution in [0.25, 0.3) is 0 Å². The van der Waals surface area contributed by atoms with Crippen LogP contribution in [0.1, 0.15) is 58.9 Å². The number of rotatable bonds is 10. The maximum absolute atomic E-state index is 12.3. The second-order valence-corrected chi connectivity index (χ2v) is 6.59. The van der Waals surface area contributed by atoms with Gasteiger partial charge >= 0.3 is 5.97 Å². The van der Waals surface area contributed by atoms with Gasteiger partial charge in [-0.1, -0.05) is 43.7 Å². The van der Waals surface area contributed by atoms with Gasteiger partial charge in [0.2, 0.25) is 0 Å². The number of ether oxygens (including phenoxy) is 1. The molecule has 0 unspecified atom stereocenters. The minimum absolute atomic E-state index is 0.0238. The van der Waals surface area contributed by atoms with Crippen LogP contribution < -0.4 is 10.7 Å². The largest absolute Gasteiger partial charge is 0.462 e. The van der Waals surface area contributed by atoms with E-state index in [1.54, 1.807) is 0 Å². The summed E-state index contributed by atoms with van der Waals surface area (Å²) in [5, 5.41) is 2.78. The van der Waals surface area contributed by atoms with E-state index in [0.29, 0.717) is 13.2 Å². The van der Waals surface area contributed by atoms with Crippen LogP contribution in [0.5, 0.6) is 0 Å². The van der Waals surface area contributed by atoms with E-state index in [-0.39, 0.29) is 11.1 Å². The lowest BCUT2D eigenvalue weighted by molar-refractivity contribution is 0.0499. The molecule has 0 fully saturated rings. The van der Waals surface area contributed by atoms with Crippen LogP contribution in [0.3, 0.4) is 0 Å². The van der Waals surface area contributed by atoms with Gasteiger partial charge in [0.05, 0.1) is 17.7 Å². The fraction of sp³-hybridized carbons (Fsp3) is 0.348. The lowest BCUT2D eigenvalue weighted by atomic mass is 10.1. The van der Waals surface area contributed by atoms with E-state index in [2.05, 4.69) is 17.4 Å². The quantitative estimate of drug-likeness (QED) is 0.502. The Balaban J connectivity index is 1.85. The van der Waals surface area contributed by atoms with Gasteiger partial charge < -0.3 is 10.1 Å². The zero-order valence-corrected chi connectivity index (χ0v) is 16.3. The van der Waals surface area contributed by atoms with Crippen molar-refractivity contribution >= 4 is 11.9 Å². The van der Waals surface area contributed by atoms with Gasteiger partial charge in [0.25, 0.3) is 5.91 Å². The van der Waals surface area contributed by atoms with Gasteiger partial charge in [-0.2, -0.15) is 0 Å². The molecule has 0 atom stereocenters. The minimum atomic E-state index is -0.490. The Morgan fingerprint density at radius 1 is 0.929 bits per heavy atom. The summed E-state index contributed by atoms with van der Waals surface area (Å²) < 4.78 is 5.14. The van der Waals surface area contributed by atoms with Crippen LogP contribution in [0.15, 0.2) is 59.4 Å². The summed E-state index contributed by atoms with van der Waals surface area (Å²) in [6, 6.07) is 15.6. The number of hydrogen-bond donors (Lipinski definition) is 1. The predicted molar refractivity (Wildman–Crippen MR) is 110 cm³/mol. The van der Waals surface area contributed by atoms with Crippen LogP contribution in [-0.2, 0) is 11.2 Å². The molecule has 0 saturated carbocycles. The normalized spacial score (nSPS) is 10.3. The Hall–Kier alpha value is -2.95. The molecule has 0 bridgehead atoms. The zero-order valence-electron chi connectivity index (χ0n) is 16.3. The van der Waals surface area contributed by atoms with Crippen molar-refractivity contribution in [1.82, 2.24) is 5.32 Å². The van der Waals surface area contributed by atoms with E-state index < -0.39 is 17.3 Å². The third-order valence-electron chi connectivity index (χ3n) is 4.34. The number of amides is 1. The molecule has 5 nitrogen and oxygen atoms in total. The fourth-order valence-electron chi connectivity index (χ4n) is 2.68. The smallest absolute Gasteiger partial charge is 0.338 e. The standard InChI is InChI=1S/C23H27NO4/c1-2-3-17-28-23(27)19-12-14-20(21(25)15-13-19)22(26)24-16-8-7-11-18-9-5-4-6-10-18/h4-6,9-10,12-15H,2-3,7-8,11,16-17H2,1H3,(H,24,26). The van der Waals surface area contributed by atoms with E-state index in [1.807, 2.05) is 25.1 Å². The number of esters is 1. The molecule has 0 aromatic heterocycles. The van der Waals surface area contributed by atoms with Gasteiger partial charge in [-0.05, 0) is 55.5 Å². The summed E-state index contributed by atoms with van der Waals surface area (Å²) in [7, 11) is 0. The van der Waals surface area contributed by atoms with Crippen LogP contribution in [0, 0.1) is 0 Å². The topological polar surface area (TPSA) is 72.5 Å². The summed E-state index contributed by atoms with van der Waals surface area (Å²) in [5.74, 6) is -0.914. The highest BCUT2D eigenvalue weighted by atomic mass is 16.5. The molecule has 0 saturated heterocycles. The molecule has 2 aromatic rings. The number of hydrogen-bond acceptors (Lipinski definition) is 4. The van der Waals surface area contributed by atoms with Crippen molar-refractivity contribution in [2.24, 2.45) is 0 Å². The first-order chi connectivity index (χ1) is 13.6. The number of carbonyl (C=O) groups excluding carboxylic acids is 2. The van der Waals surface area contributed by atoms with Crippen LogP contribution in [-0.4, -0.2) is 25.0 Å². The average Bonchev–Trinajstić information content (AvgIpc) is 2.90. The van der Waals surface area contributed by atoms with Crippen LogP contribution in [0.4, 0.5) is 0 Å². The fourth-order valence-corrected chi connectivity index (χ4v) is 2.68. The summed E-state index contributed by atoms with van der Waals surface area (Å²) in [4.78, 5) is 36.4. The summed E-state index contributed by atoms with van der Waals surface area (Å²) >= 11 is 0. The van der Waals surface area contributed by atoms with Crippen molar-refractivity contribution in [1.29, 1.82) is 0 Å². The van der Waals surface area contributed by atoms with Crippen molar-refractivity contribution in [3.63, 3.8) is 0 Å². The molecule has 0 aliphatic carbocycles. The van der Waals surface area contributed by atoms with Crippen LogP contribution in [0.2, 0.25) is 0 Å². The molecule has 0 radical (unpaired) electrons. The highest BCUT2D eigenvalue weighted by Gasteiger charge is 2.11. The molecule has 2 rings (SSSR count). The molecule has 1 amide bonds. The Morgan fingerprint density at radius 2 is 1.68 bits per heavy atom. The molecular formula is C23H27NO4. The molecular weight excluding hydrogens is 354 g/mol. The van der Waals surface area contributed by atoms with Gasteiger partial charge in [-0.3, -0.25) is 9.59 Å². The maximum Gasteiger partial charge on any atom is 0.338 e. The van der Waals surface area contributed by atoms with E-state index >= 15 is 0 Å². The summed E-state index contributed by atoms with van der Waals surface area (Å²) in [6.07, 6.45) is 4.44. The van der Waals surface area contributed by atoms with Gasteiger partial charge in [-0.25, -0.2) is 4.79 Å². The second kappa shape index (κ2) is 11.7. The Morgan fingerprint density at radius 3 is 2.43 bits per heavy atom. The highest BCUT2D eigenvalue weighted by Crippen LogP contribution is 2.05. The highest BCUT2D eigenvalue weighted by molar-refractivity contribution is 5.95. The van der Waals surface area contributed by atoms with Crippen molar-refractivity contribution in [2.45, 2.75) is 39.0 Å². The predicted octanol–water partition coefficient (Wildman–Crippen LogP) is 3.76. The minimum Gasteiger partial charge on any atom is -0.462 e. The van der Waals surface area contributed by atoms with Gasteiger partial charge in [-0.15, -0.1) is 0 Å². The van der Waals surface area contributed by atoms with Crippen molar-refractivity contribution in [2.75, 3.05) is 13.2 Å². The number of aryl methyl sites for hydroxylation is 1. The van der Waals surface area contributed by atoms with Crippen molar-refractivity contribution in [3.8, 4) is 0 Å². The van der Waals surface area contributed by atoms with E-state index in [9.17, 15) is 14.4 Å². The SMILES string of the molecule is CCCCOC(=O)c1ccc(C(=O)NCCCCc2ccccc2)c(=O)cc1. The Labute approximate surface area is 165 Å². The van der Waals surface area contributed by atoms with Crippen LogP contribution >= 0.6 is 0 Å². The maximum atomic E-state index is 12.3. The number of nitrogens with one attached hydrogen (secondary N) is 1. The molecule has 0 aliphatic heterocycles. The van der Waals surface area contributed by atoms with Gasteiger partial charge in [0, 0.05) is 6.54 Å². The second-order valence-electron chi connectivity index (χ2n) is 6.59. The molecule has 28 heavy (non-hydrogen) atoms. The monoisotopic (exact) mass is 381 g/mol. The van der Waals surface area contributed by atoms with E-state index in [1.165, 1.54) is 29.8 Å². The Bertz CT molecular complexity index is 833. The number of unbranched alkanes of at least 4 members (excludes halogenated alkanes) is 2. The lowest BCUT2D eigenvalue weighted by Crippen LogP contribution is -2.28. The third kappa shape index (κ3) is 6.99. The molecule has 0 heterocycles. The van der Waals surface area contributed by atoms with Crippen molar-refractivity contribution in [3.05, 3.63) is 81.5 Å². The molecule has 0 aliphatic rings. The average molecular weight is 381 g/mol. The molecule has 0 spiro atoms. The summed E-state index contributed by atoms with van der Waals surface area (Å²) in [5.41, 5.74) is 1.13. The van der Waals surface area contributed by atoms with Crippen molar-refractivity contribution < 1.29 is 14.3 Å². The third-order valence-corrected chi connectivity index (χ3v) is 4.34. The first-order valence-electron chi connectivity index (χ1n) is 9.75.